The minimum Gasteiger partial charge on any atom is -0.398 e. The Kier molecular flexibility index (Phi) is 8.51. The maximum Gasteiger partial charge on any atom is 0.374 e. The van der Waals surface area contributed by atoms with Crippen molar-refractivity contribution in [2.45, 2.75) is 31.2 Å². The van der Waals surface area contributed by atoms with Crippen LogP contribution in [0.5, 0.6) is 0 Å². The molecule has 4 aromatic rings. The number of halogens is 1. The van der Waals surface area contributed by atoms with Crippen molar-refractivity contribution in [1.82, 2.24) is 0 Å². The number of hydrogen-bond acceptors (Lipinski definition) is 7. The monoisotopic (exact) mass is 635 g/mol. The number of thioether (sulfide) groups is 1. The van der Waals surface area contributed by atoms with Gasteiger partial charge in [0.05, 0.1) is 27.9 Å². The van der Waals surface area contributed by atoms with Crippen LogP contribution in [0.4, 0.5) is 5.69 Å². The Morgan fingerprint density at radius 1 is 1.05 bits per heavy atom. The first-order valence-electron chi connectivity index (χ1n) is 12.8. The standard InChI is InChI=1S/C28H27ClN2O7S3/c1-2-19(17-27-30(12-5-14-40(32,33)34)23-18-21(29)9-11-25(23)39-27)16-26-31(13-15-41(35,36)37)28-22-7-4-3-6-20(22)8-10-24(28)38-26/h3-4,6-11,16-18H,2,5,12-15H2,1H3,(H-,32,33,34,35,36,37)/p+1. The summed E-state index contributed by atoms with van der Waals surface area (Å²) in [5, 5.41) is 3.25. The lowest BCUT2D eigenvalue weighted by atomic mass is 10.1. The van der Waals surface area contributed by atoms with Gasteiger partial charge in [-0.25, -0.2) is 0 Å². The van der Waals surface area contributed by atoms with Gasteiger partial charge < -0.3 is 9.32 Å². The van der Waals surface area contributed by atoms with Gasteiger partial charge in [-0.2, -0.15) is 21.4 Å². The molecule has 0 unspecified atom stereocenters. The lowest BCUT2D eigenvalue weighted by Gasteiger charge is -2.20. The SMILES string of the molecule is CCC(/C=C1\Sc2ccc(Cl)cc2N1CCCS(=O)(=O)O)=C\c1oc2ccc3ccccc3c2[n+]1CCS(=O)(=O)O. The van der Waals surface area contributed by atoms with Crippen LogP contribution in [-0.2, 0) is 26.8 Å². The molecule has 5 rings (SSSR count). The number of hydrogen-bond donors (Lipinski definition) is 2. The predicted molar refractivity (Wildman–Crippen MR) is 162 cm³/mol. The molecule has 0 aliphatic carbocycles. The largest absolute Gasteiger partial charge is 0.398 e. The molecule has 0 fully saturated rings. The summed E-state index contributed by atoms with van der Waals surface area (Å²) in [6, 6.07) is 17.0. The zero-order chi connectivity index (χ0) is 29.4. The highest BCUT2D eigenvalue weighted by atomic mass is 35.5. The van der Waals surface area contributed by atoms with Crippen molar-refractivity contribution in [3.63, 3.8) is 0 Å². The van der Waals surface area contributed by atoms with Crippen LogP contribution < -0.4 is 9.47 Å². The van der Waals surface area contributed by atoms with Gasteiger partial charge in [0.1, 0.15) is 5.75 Å². The van der Waals surface area contributed by atoms with Gasteiger partial charge in [-0.3, -0.25) is 9.11 Å². The summed E-state index contributed by atoms with van der Waals surface area (Å²) in [6.45, 7) is 2.31. The first kappa shape index (κ1) is 29.6. The molecule has 216 valence electrons. The van der Waals surface area contributed by atoms with E-state index in [2.05, 4.69) is 0 Å². The van der Waals surface area contributed by atoms with Gasteiger partial charge in [0.2, 0.25) is 5.58 Å². The van der Waals surface area contributed by atoms with Gasteiger partial charge in [-0.15, -0.1) is 0 Å². The van der Waals surface area contributed by atoms with Crippen molar-refractivity contribution >= 4 is 77.2 Å². The summed E-state index contributed by atoms with van der Waals surface area (Å²) in [5.41, 5.74) is 3.02. The molecule has 41 heavy (non-hydrogen) atoms. The van der Waals surface area contributed by atoms with Crippen LogP contribution in [0, 0.1) is 0 Å². The zero-order valence-corrected chi connectivity index (χ0v) is 25.2. The quantitative estimate of drug-likeness (QED) is 0.161. The zero-order valence-electron chi connectivity index (χ0n) is 22.0. The summed E-state index contributed by atoms with van der Waals surface area (Å²) in [5.74, 6) is -0.420. The number of allylic oxidation sites excluding steroid dienone is 2. The first-order chi connectivity index (χ1) is 19.4. The smallest absolute Gasteiger partial charge is 0.374 e. The van der Waals surface area contributed by atoms with Crippen LogP contribution in [0.25, 0.3) is 27.9 Å². The molecule has 0 radical (unpaired) electrons. The van der Waals surface area contributed by atoms with Crippen molar-refractivity contribution in [2.75, 3.05) is 23.0 Å². The Balaban J connectivity index is 1.58. The number of oxazole rings is 1. The Morgan fingerprint density at radius 2 is 1.80 bits per heavy atom. The van der Waals surface area contributed by atoms with Crippen molar-refractivity contribution in [3.8, 4) is 0 Å². The fourth-order valence-electron chi connectivity index (χ4n) is 4.79. The minimum absolute atomic E-state index is 0.0142. The average molecular weight is 636 g/mol. The van der Waals surface area contributed by atoms with E-state index >= 15 is 0 Å². The predicted octanol–water partition coefficient (Wildman–Crippen LogP) is 5.94. The summed E-state index contributed by atoms with van der Waals surface area (Å²) in [6.07, 6.45) is 4.64. The molecule has 1 aliphatic rings. The second-order valence-electron chi connectivity index (χ2n) is 9.57. The van der Waals surface area contributed by atoms with Crippen molar-refractivity contribution in [2.24, 2.45) is 0 Å². The van der Waals surface area contributed by atoms with Gasteiger partial charge in [0, 0.05) is 16.5 Å². The maximum atomic E-state index is 11.7. The van der Waals surface area contributed by atoms with Crippen molar-refractivity contribution < 1.29 is 34.9 Å². The normalized spacial score (nSPS) is 15.4. The fourth-order valence-corrected chi connectivity index (χ4v) is 7.01. The second-order valence-corrected chi connectivity index (χ2v) is 14.2. The lowest BCUT2D eigenvalue weighted by molar-refractivity contribution is -0.672. The number of rotatable bonds is 10. The molecule has 0 saturated carbocycles. The third-order valence-electron chi connectivity index (χ3n) is 6.69. The third-order valence-corrected chi connectivity index (χ3v) is 9.54. The highest BCUT2D eigenvalue weighted by Crippen LogP contribution is 2.47. The van der Waals surface area contributed by atoms with Crippen LogP contribution in [0.1, 0.15) is 25.7 Å². The van der Waals surface area contributed by atoms with Crippen LogP contribution >= 0.6 is 23.4 Å². The van der Waals surface area contributed by atoms with Crippen LogP contribution in [0.3, 0.4) is 0 Å². The van der Waals surface area contributed by atoms with E-state index < -0.39 is 26.0 Å². The van der Waals surface area contributed by atoms with E-state index in [0.717, 1.165) is 37.5 Å². The fraction of sp³-hybridized carbons (Fsp3) is 0.250. The van der Waals surface area contributed by atoms with E-state index in [-0.39, 0.29) is 18.7 Å². The molecule has 0 bridgehead atoms. The van der Waals surface area contributed by atoms with E-state index in [0.29, 0.717) is 29.5 Å². The summed E-state index contributed by atoms with van der Waals surface area (Å²) in [7, 11) is -8.33. The summed E-state index contributed by atoms with van der Waals surface area (Å²) >= 11 is 7.78. The van der Waals surface area contributed by atoms with Gasteiger partial charge >= 0.3 is 5.89 Å². The Labute approximate surface area is 247 Å². The summed E-state index contributed by atoms with van der Waals surface area (Å²) in [4.78, 5) is 2.93. The van der Waals surface area contributed by atoms with Gasteiger partial charge in [-0.05, 0) is 60.2 Å². The number of anilines is 1. The molecule has 9 nitrogen and oxygen atoms in total. The molecule has 13 heteroatoms. The number of benzene rings is 3. The lowest BCUT2D eigenvalue weighted by Crippen LogP contribution is -2.38. The molecule has 1 aliphatic heterocycles. The number of fused-ring (bicyclic) bond motifs is 4. The Morgan fingerprint density at radius 3 is 2.54 bits per heavy atom. The highest BCUT2D eigenvalue weighted by Gasteiger charge is 2.28. The van der Waals surface area contributed by atoms with Crippen molar-refractivity contribution in [1.29, 1.82) is 0 Å². The van der Waals surface area contributed by atoms with E-state index in [1.165, 1.54) is 11.8 Å². The molecule has 0 atom stereocenters. The molecular weight excluding hydrogens is 608 g/mol. The van der Waals surface area contributed by atoms with E-state index in [1.54, 1.807) is 10.6 Å². The molecule has 3 aromatic carbocycles. The molecule has 0 spiro atoms. The Bertz CT molecular complexity index is 1920. The summed E-state index contributed by atoms with van der Waals surface area (Å²) < 4.78 is 72.7. The second kappa shape index (κ2) is 11.8. The van der Waals surface area contributed by atoms with Crippen molar-refractivity contribution in [3.05, 3.63) is 82.2 Å². The molecule has 0 saturated heterocycles. The average Bonchev–Trinajstić information content (AvgIpc) is 3.43. The molecule has 0 amide bonds. The van der Waals surface area contributed by atoms with Gasteiger partial charge in [-0.1, -0.05) is 54.6 Å². The van der Waals surface area contributed by atoms with E-state index in [1.807, 2.05) is 72.5 Å². The van der Waals surface area contributed by atoms with Crippen LogP contribution in [0.2, 0.25) is 5.02 Å². The van der Waals surface area contributed by atoms with Crippen LogP contribution in [0.15, 0.2) is 80.6 Å². The molecular formula is C28H28ClN2O7S3+. The number of aryl methyl sites for hydroxylation is 1. The first-order valence-corrected chi connectivity index (χ1v) is 17.2. The number of nitrogens with zero attached hydrogens (tertiary/aromatic N) is 2. The minimum atomic E-state index is -4.23. The van der Waals surface area contributed by atoms with E-state index in [4.69, 9.17) is 16.0 Å². The topological polar surface area (TPSA) is 129 Å². The molecule has 2 N–H and O–H groups in total. The molecule has 2 heterocycles. The van der Waals surface area contributed by atoms with Gasteiger partial charge in [0.25, 0.3) is 25.8 Å². The third kappa shape index (κ3) is 6.96. The maximum absolute atomic E-state index is 11.7. The highest BCUT2D eigenvalue weighted by molar-refractivity contribution is 8.03. The Hall–Kier alpha value is -2.87. The van der Waals surface area contributed by atoms with Gasteiger partial charge in [0.15, 0.2) is 6.54 Å². The van der Waals surface area contributed by atoms with Crippen LogP contribution in [-0.4, -0.2) is 44.0 Å². The molecule has 1 aromatic heterocycles. The number of aromatic nitrogens is 1. The van der Waals surface area contributed by atoms with E-state index in [9.17, 15) is 25.9 Å².